The molecule has 5 N–H and O–H groups in total. The van der Waals surface area contributed by atoms with Crippen molar-refractivity contribution in [2.24, 2.45) is 0 Å². The molecular weight excluding hydrogens is 657 g/mol. The molecule has 0 aromatic heterocycles. The van der Waals surface area contributed by atoms with E-state index < -0.39 is 23.2 Å². The number of likely N-dealkylation sites (N-methyl/N-ethyl adjacent to an activating group) is 2. The number of nitrogens with one attached hydrogen (secondary N) is 3. The molecule has 16 heteroatoms. The van der Waals surface area contributed by atoms with Gasteiger partial charge >= 0.3 is 0 Å². The molecule has 1 heterocycles. The molecule has 1 aliphatic rings. The third-order valence-corrected chi connectivity index (χ3v) is 8.12. The van der Waals surface area contributed by atoms with Gasteiger partial charge in [0.1, 0.15) is 5.82 Å². The Bertz CT molecular complexity index is 1360. The van der Waals surface area contributed by atoms with Gasteiger partial charge in [-0.2, -0.15) is 0 Å². The molecule has 47 heavy (non-hydrogen) atoms. The number of hydrogen-bond acceptors (Lipinski definition) is 11. The van der Waals surface area contributed by atoms with Crippen LogP contribution in [0.2, 0.25) is 5.02 Å². The largest absolute Gasteiger partial charge is 0.504 e. The van der Waals surface area contributed by atoms with E-state index >= 15 is 0 Å². The minimum absolute atomic E-state index is 0.00325. The molecule has 260 valence electrons. The zero-order chi connectivity index (χ0) is 34.2. The quantitative estimate of drug-likeness (QED) is 0.0697. The van der Waals surface area contributed by atoms with E-state index in [1.165, 1.54) is 41.1 Å². The summed E-state index contributed by atoms with van der Waals surface area (Å²) in [6.07, 6.45) is 1.35. The number of nitrogens with zero attached hydrogens (tertiary/aromatic N) is 2. The average Bonchev–Trinajstić information content (AvgIpc) is 3.35. The van der Waals surface area contributed by atoms with E-state index in [1.54, 1.807) is 18.4 Å². The van der Waals surface area contributed by atoms with Crippen molar-refractivity contribution in [3.63, 3.8) is 0 Å². The first-order valence-electron chi connectivity index (χ1n) is 15.2. The summed E-state index contributed by atoms with van der Waals surface area (Å²) in [4.78, 5) is 38.9. The fourth-order valence-electron chi connectivity index (χ4n) is 4.58. The minimum Gasteiger partial charge on any atom is -0.504 e. The van der Waals surface area contributed by atoms with Crippen molar-refractivity contribution in [1.29, 1.82) is 0 Å². The number of phenolic OH excluding ortho intramolecular Hbond substituents is 2. The Morgan fingerprint density at radius 3 is 2.23 bits per heavy atom. The molecule has 0 bridgehead atoms. The number of fused-ring (bicyclic) bond motifs is 1. The van der Waals surface area contributed by atoms with Crippen LogP contribution in [-0.4, -0.2) is 117 Å². The summed E-state index contributed by atoms with van der Waals surface area (Å²) in [5.74, 6) is -2.25. The van der Waals surface area contributed by atoms with Gasteiger partial charge < -0.3 is 45.3 Å². The topological polar surface area (TPSA) is 162 Å². The van der Waals surface area contributed by atoms with E-state index in [1.807, 2.05) is 0 Å². The fraction of sp³-hybridized carbons (Fsp3) is 0.516. The third kappa shape index (κ3) is 12.7. The first-order valence-corrected chi connectivity index (χ1v) is 16.4. The number of phenols is 2. The second-order valence-corrected chi connectivity index (χ2v) is 12.3. The monoisotopic (exact) mass is 699 g/mol. The molecule has 13 nitrogen and oxygen atoms in total. The Morgan fingerprint density at radius 1 is 1.00 bits per heavy atom. The molecule has 2 aromatic carbocycles. The Hall–Kier alpha value is -3.18. The van der Waals surface area contributed by atoms with E-state index in [0.29, 0.717) is 81.7 Å². The summed E-state index contributed by atoms with van der Waals surface area (Å²) in [7, 11) is 3.42. The van der Waals surface area contributed by atoms with Crippen molar-refractivity contribution in [3.8, 4) is 11.5 Å². The standard InChI is InChI=1S/C31H43ClFN5O8S/c1-34-17-27(40)35-7-3-9-44-11-13-46-14-12-45-10-4-8-36-28(41)20-37(2)47-26-16-25(39)30(42)29-22(26)19-38(31(29)43)18-21-5-6-24(33)23(32)15-21/h5-6,15-16,34,39,42H,3-4,7-14,17-20H2,1-2H3,(H,35,40)(H,36,41). The summed E-state index contributed by atoms with van der Waals surface area (Å²) >= 11 is 7.05. The number of ether oxygens (including phenoxy) is 3. The number of halogens is 2. The van der Waals surface area contributed by atoms with Gasteiger partial charge in [-0.3, -0.25) is 14.4 Å². The van der Waals surface area contributed by atoms with Gasteiger partial charge in [0.15, 0.2) is 11.5 Å². The van der Waals surface area contributed by atoms with Crippen molar-refractivity contribution in [3.05, 3.63) is 51.8 Å². The number of carbonyl (C=O) groups is 3. The smallest absolute Gasteiger partial charge is 0.258 e. The summed E-state index contributed by atoms with van der Waals surface area (Å²) in [5, 5.41) is 29.1. The van der Waals surface area contributed by atoms with E-state index in [0.717, 1.165) is 6.42 Å². The number of rotatable bonds is 22. The average molecular weight is 700 g/mol. The number of amides is 3. The maximum absolute atomic E-state index is 13.6. The van der Waals surface area contributed by atoms with Crippen molar-refractivity contribution >= 4 is 41.3 Å². The first kappa shape index (κ1) is 38.3. The van der Waals surface area contributed by atoms with Gasteiger partial charge in [0, 0.05) is 49.9 Å². The summed E-state index contributed by atoms with van der Waals surface area (Å²) in [6.45, 7) is 4.36. The molecule has 2 aromatic rings. The lowest BCUT2D eigenvalue weighted by Crippen LogP contribution is -2.33. The number of carbonyl (C=O) groups excluding carboxylic acids is 3. The fourth-order valence-corrected chi connectivity index (χ4v) is 5.74. The van der Waals surface area contributed by atoms with Crippen LogP contribution >= 0.6 is 23.5 Å². The molecular formula is C31H43ClFN5O8S. The van der Waals surface area contributed by atoms with Crippen LogP contribution < -0.4 is 16.0 Å². The van der Waals surface area contributed by atoms with Crippen LogP contribution in [0.15, 0.2) is 29.2 Å². The van der Waals surface area contributed by atoms with Crippen molar-refractivity contribution in [1.82, 2.24) is 25.2 Å². The molecule has 0 saturated carbocycles. The van der Waals surface area contributed by atoms with Crippen molar-refractivity contribution in [2.75, 3.05) is 79.9 Å². The van der Waals surface area contributed by atoms with Crippen molar-refractivity contribution < 1.29 is 43.2 Å². The molecule has 0 saturated heterocycles. The predicted octanol–water partition coefficient (Wildman–Crippen LogP) is 2.27. The second kappa shape index (κ2) is 20.2. The zero-order valence-corrected chi connectivity index (χ0v) is 28.2. The maximum atomic E-state index is 13.6. The van der Waals surface area contributed by atoms with Gasteiger partial charge in [-0.1, -0.05) is 17.7 Å². The first-order chi connectivity index (χ1) is 22.6. The SMILES string of the molecule is CNCC(=O)NCCCOCCOCCOCCCNC(=O)CN(C)Sc1cc(O)c(O)c2c1CN(Cc1ccc(F)c(Cl)c1)C2=O. The lowest BCUT2D eigenvalue weighted by atomic mass is 10.1. The van der Waals surface area contributed by atoms with Crippen LogP contribution in [0.25, 0.3) is 0 Å². The van der Waals surface area contributed by atoms with Gasteiger partial charge in [-0.25, -0.2) is 8.70 Å². The lowest BCUT2D eigenvalue weighted by molar-refractivity contribution is -0.121. The van der Waals surface area contributed by atoms with Gasteiger partial charge in [0.05, 0.1) is 50.1 Å². The van der Waals surface area contributed by atoms with Gasteiger partial charge in [-0.05, 0) is 62.6 Å². The summed E-state index contributed by atoms with van der Waals surface area (Å²) in [6, 6.07) is 5.55. The Balaban J connectivity index is 1.28. The second-order valence-electron chi connectivity index (χ2n) is 10.7. The molecule has 0 atom stereocenters. The van der Waals surface area contributed by atoms with Crippen LogP contribution in [0.5, 0.6) is 11.5 Å². The van der Waals surface area contributed by atoms with Crippen LogP contribution in [0, 0.1) is 5.82 Å². The highest BCUT2D eigenvalue weighted by Crippen LogP contribution is 2.43. The summed E-state index contributed by atoms with van der Waals surface area (Å²) < 4.78 is 31.7. The number of aromatic hydroxyl groups is 2. The Labute approximate surface area is 283 Å². The predicted molar refractivity (Wildman–Crippen MR) is 175 cm³/mol. The van der Waals surface area contributed by atoms with Crippen molar-refractivity contribution in [2.45, 2.75) is 30.8 Å². The Morgan fingerprint density at radius 2 is 1.62 bits per heavy atom. The maximum Gasteiger partial charge on any atom is 0.258 e. The van der Waals surface area contributed by atoms with Gasteiger partial charge in [0.2, 0.25) is 11.8 Å². The van der Waals surface area contributed by atoms with E-state index in [-0.39, 0.29) is 42.0 Å². The van der Waals surface area contributed by atoms with Crippen LogP contribution in [0.3, 0.4) is 0 Å². The molecule has 0 radical (unpaired) electrons. The lowest BCUT2D eigenvalue weighted by Gasteiger charge is -2.18. The van der Waals surface area contributed by atoms with Crippen LogP contribution in [0.1, 0.15) is 34.3 Å². The van der Waals surface area contributed by atoms with E-state index in [9.17, 15) is 29.0 Å². The normalized spacial score (nSPS) is 12.5. The number of benzene rings is 2. The molecule has 0 aliphatic carbocycles. The highest BCUT2D eigenvalue weighted by Gasteiger charge is 2.35. The molecule has 0 unspecified atom stereocenters. The van der Waals surface area contributed by atoms with Crippen LogP contribution in [0.4, 0.5) is 4.39 Å². The van der Waals surface area contributed by atoms with E-state index in [2.05, 4.69) is 16.0 Å². The van der Waals surface area contributed by atoms with Crippen LogP contribution in [-0.2, 0) is 36.9 Å². The molecule has 0 fully saturated rings. The molecule has 3 amide bonds. The zero-order valence-electron chi connectivity index (χ0n) is 26.6. The number of hydrogen-bond donors (Lipinski definition) is 5. The molecule has 3 rings (SSSR count). The van der Waals surface area contributed by atoms with E-state index in [4.69, 9.17) is 25.8 Å². The highest BCUT2D eigenvalue weighted by molar-refractivity contribution is 7.97. The molecule has 0 spiro atoms. The molecule has 1 aliphatic heterocycles. The minimum atomic E-state index is -0.564. The third-order valence-electron chi connectivity index (χ3n) is 6.83. The van der Waals surface area contributed by atoms with Gasteiger partial charge in [-0.15, -0.1) is 0 Å². The highest BCUT2D eigenvalue weighted by atomic mass is 35.5. The summed E-state index contributed by atoms with van der Waals surface area (Å²) in [5.41, 5.74) is 1.13. The van der Waals surface area contributed by atoms with Gasteiger partial charge in [0.25, 0.3) is 5.91 Å². The Kier molecular flexibility index (Phi) is 16.5.